The van der Waals surface area contributed by atoms with Crippen LogP contribution in [-0.2, 0) is 6.42 Å². The van der Waals surface area contributed by atoms with Crippen molar-refractivity contribution in [3.63, 3.8) is 0 Å². The van der Waals surface area contributed by atoms with Crippen molar-refractivity contribution in [1.82, 2.24) is 15.3 Å². The van der Waals surface area contributed by atoms with Crippen LogP contribution in [0.25, 0.3) is 11.1 Å². The molecule has 6 nitrogen and oxygen atoms in total. The smallest absolute Gasteiger partial charge is 0.293 e. The van der Waals surface area contributed by atoms with Gasteiger partial charge in [-0.05, 0) is 35.4 Å². The van der Waals surface area contributed by atoms with Gasteiger partial charge in [0.2, 0.25) is 5.75 Å². The Morgan fingerprint density at radius 1 is 1.09 bits per heavy atom. The number of H-pyrrole nitrogens is 1. The van der Waals surface area contributed by atoms with Crippen molar-refractivity contribution in [1.29, 1.82) is 0 Å². The number of benzene rings is 2. The first-order valence-corrected chi connectivity index (χ1v) is 11.5. The monoisotopic (exact) mass is 457 g/mol. The van der Waals surface area contributed by atoms with Crippen molar-refractivity contribution in [3.05, 3.63) is 106 Å². The van der Waals surface area contributed by atoms with E-state index in [0.29, 0.717) is 24.7 Å². The third-order valence-corrected chi connectivity index (χ3v) is 5.20. The van der Waals surface area contributed by atoms with Gasteiger partial charge < -0.3 is 15.4 Å². The summed E-state index contributed by atoms with van der Waals surface area (Å²) < 4.78 is 0. The Morgan fingerprint density at radius 2 is 1.82 bits per heavy atom. The highest BCUT2D eigenvalue weighted by Gasteiger charge is 2.18. The molecule has 0 bridgehead atoms. The number of carbonyl (C=O) groups excluding carboxylic acids is 1. The first-order valence-electron chi connectivity index (χ1n) is 11.5. The van der Waals surface area contributed by atoms with Gasteiger partial charge in [-0.3, -0.25) is 9.59 Å². The number of hydrogen-bond donors (Lipinski definition) is 3. The predicted octanol–water partition coefficient (Wildman–Crippen LogP) is 5.01. The van der Waals surface area contributed by atoms with Crippen LogP contribution in [-0.4, -0.2) is 27.5 Å². The van der Waals surface area contributed by atoms with E-state index >= 15 is 0 Å². The average Bonchev–Trinajstić information content (AvgIpc) is 2.83. The highest BCUT2D eigenvalue weighted by Crippen LogP contribution is 2.25. The second kappa shape index (κ2) is 12.3. The standard InChI is InChI=1S/C28H31N3O3/c1-20(2)13-7-4-3-5-12-18-29-27(33)25-26(32)28(34)31-24(30-25)19-22-16-10-11-17-23(22)21-14-8-6-9-15-21/h3-4,6-11,13-17,20,32H,5,12,18-19H2,1-2H3,(H,29,33)(H,30,31,34). The van der Waals surface area contributed by atoms with Gasteiger partial charge in [0.15, 0.2) is 5.69 Å². The number of amides is 1. The molecule has 0 aliphatic rings. The molecule has 1 aromatic heterocycles. The maximum atomic E-state index is 12.6. The Balaban J connectivity index is 1.68. The molecule has 0 spiro atoms. The summed E-state index contributed by atoms with van der Waals surface area (Å²) in [4.78, 5) is 31.8. The van der Waals surface area contributed by atoms with E-state index in [2.05, 4.69) is 35.2 Å². The molecular weight excluding hydrogens is 426 g/mol. The zero-order valence-corrected chi connectivity index (χ0v) is 19.6. The second-order valence-electron chi connectivity index (χ2n) is 8.36. The van der Waals surface area contributed by atoms with E-state index < -0.39 is 17.2 Å². The highest BCUT2D eigenvalue weighted by atomic mass is 16.3. The van der Waals surface area contributed by atoms with E-state index in [9.17, 15) is 14.7 Å². The normalized spacial score (nSPS) is 11.5. The topological polar surface area (TPSA) is 95.1 Å². The van der Waals surface area contributed by atoms with Crippen LogP contribution in [0.2, 0.25) is 0 Å². The number of aromatic hydroxyl groups is 1. The predicted molar refractivity (Wildman–Crippen MR) is 136 cm³/mol. The first kappa shape index (κ1) is 24.7. The van der Waals surface area contributed by atoms with Crippen LogP contribution in [0, 0.1) is 5.92 Å². The van der Waals surface area contributed by atoms with Gasteiger partial charge >= 0.3 is 0 Å². The Kier molecular flexibility index (Phi) is 8.97. The summed E-state index contributed by atoms with van der Waals surface area (Å²) in [6.45, 7) is 4.65. The molecule has 3 rings (SSSR count). The number of unbranched alkanes of at least 4 members (excludes halogenated alkanes) is 1. The maximum Gasteiger partial charge on any atom is 0.293 e. The van der Waals surface area contributed by atoms with E-state index in [-0.39, 0.29) is 5.69 Å². The molecule has 2 aromatic carbocycles. The number of aromatic nitrogens is 2. The lowest BCUT2D eigenvalue weighted by Crippen LogP contribution is -2.28. The number of rotatable bonds is 10. The van der Waals surface area contributed by atoms with Gasteiger partial charge in [0, 0.05) is 13.0 Å². The molecule has 0 unspecified atom stereocenters. The van der Waals surface area contributed by atoms with Crippen molar-refractivity contribution < 1.29 is 9.90 Å². The van der Waals surface area contributed by atoms with E-state index in [1.807, 2.05) is 72.8 Å². The number of nitrogens with one attached hydrogen (secondary N) is 2. The van der Waals surface area contributed by atoms with Gasteiger partial charge in [-0.1, -0.05) is 92.7 Å². The maximum absolute atomic E-state index is 12.6. The fraction of sp³-hybridized carbons (Fsp3) is 0.250. The average molecular weight is 458 g/mol. The first-order chi connectivity index (χ1) is 16.5. The fourth-order valence-electron chi connectivity index (χ4n) is 3.48. The summed E-state index contributed by atoms with van der Waals surface area (Å²) in [5, 5.41) is 12.9. The van der Waals surface area contributed by atoms with Gasteiger partial charge in [-0.25, -0.2) is 4.98 Å². The number of nitrogens with zero attached hydrogens (tertiary/aromatic N) is 1. The van der Waals surface area contributed by atoms with Crippen LogP contribution < -0.4 is 10.9 Å². The molecule has 176 valence electrons. The van der Waals surface area contributed by atoms with E-state index in [0.717, 1.165) is 29.5 Å². The van der Waals surface area contributed by atoms with Crippen LogP contribution in [0.15, 0.2) is 83.7 Å². The Morgan fingerprint density at radius 3 is 2.59 bits per heavy atom. The SMILES string of the molecule is CC(C)C=CC=CCCCNC(=O)c1nc(Cc2ccccc2-c2ccccc2)[nH]c(=O)c1O. The van der Waals surface area contributed by atoms with Crippen LogP contribution >= 0.6 is 0 Å². The summed E-state index contributed by atoms with van der Waals surface area (Å²) in [5.41, 5.74) is 2.03. The molecule has 0 aliphatic carbocycles. The fourth-order valence-corrected chi connectivity index (χ4v) is 3.48. The lowest BCUT2D eigenvalue weighted by atomic mass is 9.97. The summed E-state index contributed by atoms with van der Waals surface area (Å²) in [6, 6.07) is 17.7. The van der Waals surface area contributed by atoms with Crippen molar-refractivity contribution in [2.24, 2.45) is 5.92 Å². The van der Waals surface area contributed by atoms with E-state index in [1.54, 1.807) is 0 Å². The Labute approximate surface area is 200 Å². The number of carbonyl (C=O) groups is 1. The van der Waals surface area contributed by atoms with Crippen LogP contribution in [0.5, 0.6) is 5.75 Å². The Hall–Kier alpha value is -3.93. The number of hydrogen-bond acceptors (Lipinski definition) is 4. The van der Waals surface area contributed by atoms with Gasteiger partial charge in [-0.2, -0.15) is 0 Å². The molecular formula is C28H31N3O3. The summed E-state index contributed by atoms with van der Waals surface area (Å²) in [7, 11) is 0. The zero-order valence-electron chi connectivity index (χ0n) is 19.6. The molecule has 0 saturated heterocycles. The van der Waals surface area contributed by atoms with Crippen molar-refractivity contribution in [3.8, 4) is 16.9 Å². The molecule has 0 atom stereocenters. The largest absolute Gasteiger partial charge is 0.501 e. The third-order valence-electron chi connectivity index (χ3n) is 5.20. The molecule has 0 radical (unpaired) electrons. The molecule has 3 N–H and O–H groups in total. The second-order valence-corrected chi connectivity index (χ2v) is 8.36. The van der Waals surface area contributed by atoms with Crippen LogP contribution in [0.3, 0.4) is 0 Å². The lowest BCUT2D eigenvalue weighted by Gasteiger charge is -2.11. The molecule has 0 saturated carbocycles. The highest BCUT2D eigenvalue weighted by molar-refractivity contribution is 5.94. The molecule has 3 aromatic rings. The van der Waals surface area contributed by atoms with E-state index in [4.69, 9.17) is 0 Å². The molecule has 1 amide bonds. The summed E-state index contributed by atoms with van der Waals surface area (Å²) in [5.74, 6) is -0.410. The molecule has 34 heavy (non-hydrogen) atoms. The van der Waals surface area contributed by atoms with Gasteiger partial charge in [-0.15, -0.1) is 0 Å². The molecule has 0 fully saturated rings. The van der Waals surface area contributed by atoms with Gasteiger partial charge in [0.05, 0.1) is 0 Å². The summed E-state index contributed by atoms with van der Waals surface area (Å²) >= 11 is 0. The molecule has 1 heterocycles. The third kappa shape index (κ3) is 7.04. The van der Waals surface area contributed by atoms with Crippen molar-refractivity contribution in [2.45, 2.75) is 33.1 Å². The molecule has 0 aliphatic heterocycles. The van der Waals surface area contributed by atoms with E-state index in [1.165, 1.54) is 0 Å². The van der Waals surface area contributed by atoms with Gasteiger partial charge in [0.25, 0.3) is 11.5 Å². The minimum Gasteiger partial charge on any atom is -0.501 e. The number of aromatic amines is 1. The van der Waals surface area contributed by atoms with Crippen molar-refractivity contribution >= 4 is 5.91 Å². The minimum absolute atomic E-state index is 0.258. The molecule has 6 heteroatoms. The van der Waals surface area contributed by atoms with Crippen LogP contribution in [0.1, 0.15) is 48.6 Å². The lowest BCUT2D eigenvalue weighted by molar-refractivity contribution is 0.0944. The van der Waals surface area contributed by atoms with Crippen LogP contribution in [0.4, 0.5) is 0 Å². The Bertz CT molecular complexity index is 1210. The minimum atomic E-state index is -0.729. The zero-order chi connectivity index (χ0) is 24.3. The number of allylic oxidation sites excluding steroid dienone is 4. The van der Waals surface area contributed by atoms with Crippen molar-refractivity contribution in [2.75, 3.05) is 6.54 Å². The van der Waals surface area contributed by atoms with Gasteiger partial charge in [0.1, 0.15) is 5.82 Å². The quantitative estimate of drug-likeness (QED) is 0.295. The summed E-state index contributed by atoms with van der Waals surface area (Å²) in [6.07, 6.45) is 10.0.